The molecule has 1 rings (SSSR count). The van der Waals surface area contributed by atoms with Crippen LogP contribution >= 0.6 is 0 Å². The van der Waals surface area contributed by atoms with Gasteiger partial charge in [0.2, 0.25) is 5.91 Å². The van der Waals surface area contributed by atoms with Gasteiger partial charge in [-0.1, -0.05) is 0 Å². The molecule has 0 radical (unpaired) electrons. The third-order valence-electron chi connectivity index (χ3n) is 2.15. The van der Waals surface area contributed by atoms with Crippen molar-refractivity contribution < 1.29 is 41.0 Å². The molecule has 10 heteroatoms. The van der Waals surface area contributed by atoms with Gasteiger partial charge in [0.25, 0.3) is 0 Å². The molecular formula is C11H7F6NO3. The Labute approximate surface area is 113 Å². The quantitative estimate of drug-likeness (QED) is 0.841. The number of hydrogen-bond donors (Lipinski definition) is 2. The lowest BCUT2D eigenvalue weighted by Crippen LogP contribution is -2.21. The smallest absolute Gasteiger partial charge is 0.416 e. The van der Waals surface area contributed by atoms with Crippen molar-refractivity contribution in [3.05, 3.63) is 29.3 Å². The Morgan fingerprint density at radius 3 is 2.05 bits per heavy atom. The highest BCUT2D eigenvalue weighted by molar-refractivity contribution is 5.94. The van der Waals surface area contributed by atoms with Crippen molar-refractivity contribution in [3.8, 4) is 0 Å². The van der Waals surface area contributed by atoms with Gasteiger partial charge in [-0.05, 0) is 18.2 Å². The van der Waals surface area contributed by atoms with Crippen molar-refractivity contribution in [1.29, 1.82) is 0 Å². The van der Waals surface area contributed by atoms with Crippen LogP contribution in [-0.2, 0) is 11.0 Å². The number of aromatic carboxylic acids is 1. The van der Waals surface area contributed by atoms with Gasteiger partial charge in [0, 0.05) is 5.69 Å². The highest BCUT2D eigenvalue weighted by Gasteiger charge is 2.33. The van der Waals surface area contributed by atoms with E-state index in [0.717, 1.165) is 0 Å². The Balaban J connectivity index is 3.10. The SMILES string of the molecule is O=C(CC(F)(F)F)Nc1cc(C(=O)O)cc(C(F)(F)F)c1. The Kier molecular flexibility index (Phi) is 4.49. The Bertz CT molecular complexity index is 564. The van der Waals surface area contributed by atoms with Crippen molar-refractivity contribution in [3.63, 3.8) is 0 Å². The van der Waals surface area contributed by atoms with E-state index >= 15 is 0 Å². The van der Waals surface area contributed by atoms with E-state index in [-0.39, 0.29) is 0 Å². The van der Waals surface area contributed by atoms with E-state index in [1.165, 1.54) is 0 Å². The topological polar surface area (TPSA) is 66.4 Å². The lowest BCUT2D eigenvalue weighted by Gasteiger charge is -2.12. The molecule has 4 nitrogen and oxygen atoms in total. The van der Waals surface area contributed by atoms with Crippen LogP contribution in [0.5, 0.6) is 0 Å². The molecule has 0 unspecified atom stereocenters. The molecule has 0 saturated heterocycles. The summed E-state index contributed by atoms with van der Waals surface area (Å²) in [4.78, 5) is 21.7. The second kappa shape index (κ2) is 5.62. The number of rotatable bonds is 3. The van der Waals surface area contributed by atoms with Gasteiger partial charge in [-0.15, -0.1) is 0 Å². The van der Waals surface area contributed by atoms with Crippen LogP contribution in [0.4, 0.5) is 32.0 Å². The fraction of sp³-hybridized carbons (Fsp3) is 0.273. The molecule has 1 aromatic rings. The molecule has 1 aromatic carbocycles. The monoisotopic (exact) mass is 315 g/mol. The van der Waals surface area contributed by atoms with E-state index in [0.29, 0.717) is 18.2 Å². The van der Waals surface area contributed by atoms with Gasteiger partial charge in [0.1, 0.15) is 6.42 Å². The number of halogens is 6. The molecule has 0 saturated carbocycles. The van der Waals surface area contributed by atoms with Crippen LogP contribution in [-0.4, -0.2) is 23.2 Å². The lowest BCUT2D eigenvalue weighted by atomic mass is 10.1. The second-order valence-corrected chi connectivity index (χ2v) is 3.94. The van der Waals surface area contributed by atoms with Gasteiger partial charge < -0.3 is 10.4 Å². The standard InChI is InChI=1S/C11H7F6NO3/c12-10(13,14)4-8(19)18-7-2-5(9(20)21)1-6(3-7)11(15,16)17/h1-3H,4H2,(H,18,19)(H,20,21). The minimum atomic E-state index is -4.91. The number of hydrogen-bond acceptors (Lipinski definition) is 2. The van der Waals surface area contributed by atoms with Crippen molar-refractivity contribution in [2.24, 2.45) is 0 Å². The van der Waals surface area contributed by atoms with Crippen LogP contribution in [0.2, 0.25) is 0 Å². The average Bonchev–Trinajstić information content (AvgIpc) is 2.24. The lowest BCUT2D eigenvalue weighted by molar-refractivity contribution is -0.150. The van der Waals surface area contributed by atoms with Crippen molar-refractivity contribution in [2.45, 2.75) is 18.8 Å². The van der Waals surface area contributed by atoms with Crippen LogP contribution < -0.4 is 5.32 Å². The van der Waals surface area contributed by atoms with Crippen LogP contribution in [0.15, 0.2) is 18.2 Å². The van der Waals surface area contributed by atoms with Gasteiger partial charge in [-0.2, -0.15) is 26.3 Å². The minimum absolute atomic E-state index is 0.307. The zero-order valence-electron chi connectivity index (χ0n) is 9.97. The number of nitrogens with one attached hydrogen (secondary N) is 1. The average molecular weight is 315 g/mol. The summed E-state index contributed by atoms with van der Waals surface area (Å²) in [5, 5.41) is 10.2. The van der Waals surface area contributed by atoms with Gasteiger partial charge in [0.05, 0.1) is 11.1 Å². The van der Waals surface area contributed by atoms with E-state index in [1.54, 1.807) is 5.32 Å². The number of alkyl halides is 6. The molecule has 0 aliphatic carbocycles. The highest BCUT2D eigenvalue weighted by atomic mass is 19.4. The van der Waals surface area contributed by atoms with Crippen molar-refractivity contribution in [1.82, 2.24) is 0 Å². The molecule has 1 amide bonds. The summed E-state index contributed by atoms with van der Waals surface area (Å²) in [6.07, 6.45) is -11.6. The van der Waals surface area contributed by atoms with Crippen LogP contribution in [0, 0.1) is 0 Å². The predicted molar refractivity (Wildman–Crippen MR) is 57.7 cm³/mol. The van der Waals surface area contributed by atoms with Gasteiger partial charge in [-0.3, -0.25) is 4.79 Å². The van der Waals surface area contributed by atoms with Crippen LogP contribution in [0.1, 0.15) is 22.3 Å². The first-order valence-corrected chi connectivity index (χ1v) is 5.20. The summed E-state index contributed by atoms with van der Waals surface area (Å²) in [5.74, 6) is -3.31. The molecule has 0 spiro atoms. The molecule has 2 N–H and O–H groups in total. The Morgan fingerprint density at radius 2 is 1.62 bits per heavy atom. The van der Waals surface area contributed by atoms with E-state index in [9.17, 15) is 35.9 Å². The molecule has 21 heavy (non-hydrogen) atoms. The molecule has 0 aliphatic heterocycles. The summed E-state index contributed by atoms with van der Waals surface area (Å²) < 4.78 is 73.5. The first-order chi connectivity index (χ1) is 9.38. The minimum Gasteiger partial charge on any atom is -0.478 e. The number of carboxylic acid groups (broad SMARTS) is 1. The number of carbonyl (C=O) groups is 2. The maximum Gasteiger partial charge on any atom is 0.416 e. The van der Waals surface area contributed by atoms with E-state index in [2.05, 4.69) is 0 Å². The first-order valence-electron chi connectivity index (χ1n) is 5.20. The van der Waals surface area contributed by atoms with Gasteiger partial charge in [-0.25, -0.2) is 4.79 Å². The fourth-order valence-corrected chi connectivity index (χ4v) is 1.37. The molecule has 0 heterocycles. The predicted octanol–water partition coefficient (Wildman–Crippen LogP) is 3.29. The fourth-order valence-electron chi connectivity index (χ4n) is 1.37. The summed E-state index contributed by atoms with van der Waals surface area (Å²) in [6, 6.07) is 1.29. The summed E-state index contributed by atoms with van der Waals surface area (Å²) in [6.45, 7) is 0. The maximum atomic E-state index is 12.5. The molecule has 0 atom stereocenters. The summed E-state index contributed by atoms with van der Waals surface area (Å²) >= 11 is 0. The molecule has 0 aromatic heterocycles. The Morgan fingerprint density at radius 1 is 1.05 bits per heavy atom. The molecule has 0 aliphatic rings. The van der Waals surface area contributed by atoms with E-state index in [1.807, 2.05) is 0 Å². The highest BCUT2D eigenvalue weighted by Crippen LogP contribution is 2.32. The number of benzene rings is 1. The summed E-state index contributed by atoms with van der Waals surface area (Å²) in [7, 11) is 0. The van der Waals surface area contributed by atoms with E-state index in [4.69, 9.17) is 5.11 Å². The maximum absolute atomic E-state index is 12.5. The number of carboxylic acids is 1. The second-order valence-electron chi connectivity index (χ2n) is 3.94. The van der Waals surface area contributed by atoms with Gasteiger partial charge >= 0.3 is 18.3 Å². The molecule has 0 fully saturated rings. The number of amides is 1. The van der Waals surface area contributed by atoms with Crippen molar-refractivity contribution >= 4 is 17.6 Å². The molecule has 116 valence electrons. The third-order valence-corrected chi connectivity index (χ3v) is 2.15. The molecular weight excluding hydrogens is 308 g/mol. The number of anilines is 1. The van der Waals surface area contributed by atoms with Crippen LogP contribution in [0.25, 0.3) is 0 Å². The normalized spacial score (nSPS) is 12.1. The third kappa shape index (κ3) is 5.32. The van der Waals surface area contributed by atoms with Gasteiger partial charge in [0.15, 0.2) is 0 Å². The Hall–Kier alpha value is -2.26. The number of carbonyl (C=O) groups excluding carboxylic acids is 1. The zero-order valence-corrected chi connectivity index (χ0v) is 9.97. The largest absolute Gasteiger partial charge is 0.478 e. The summed E-state index contributed by atoms with van der Waals surface area (Å²) in [5.41, 5.74) is -2.90. The van der Waals surface area contributed by atoms with Crippen molar-refractivity contribution in [2.75, 3.05) is 5.32 Å². The zero-order chi connectivity index (χ0) is 16.4. The molecule has 0 bridgehead atoms. The van der Waals surface area contributed by atoms with E-state index < -0.39 is 47.5 Å². The van der Waals surface area contributed by atoms with Crippen LogP contribution in [0.3, 0.4) is 0 Å². The first kappa shape index (κ1) is 16.8.